The van der Waals surface area contributed by atoms with Crippen LogP contribution >= 0.6 is 0 Å². The standard InChI is InChI=1S/C13H16O3/c1-3-4-10-5-9-6-12(14)8(2)13(15)11(9)7-16-10/h3-6,8,11,13,15H,7H2,1-2H3/b4-3+/t8-,11-,13+/m1/s1. The van der Waals surface area contributed by atoms with E-state index < -0.39 is 6.10 Å². The van der Waals surface area contributed by atoms with Crippen molar-refractivity contribution in [2.75, 3.05) is 6.61 Å². The lowest BCUT2D eigenvalue weighted by Gasteiger charge is -2.34. The first-order valence-corrected chi connectivity index (χ1v) is 5.54. The number of carbonyl (C=O) groups is 1. The van der Waals surface area contributed by atoms with Gasteiger partial charge in [-0.3, -0.25) is 4.79 Å². The summed E-state index contributed by atoms with van der Waals surface area (Å²) in [7, 11) is 0. The third-order valence-electron chi connectivity index (χ3n) is 3.18. The van der Waals surface area contributed by atoms with Crippen LogP contribution in [0.3, 0.4) is 0 Å². The summed E-state index contributed by atoms with van der Waals surface area (Å²) in [6.45, 7) is 4.11. The fourth-order valence-corrected chi connectivity index (χ4v) is 2.11. The summed E-state index contributed by atoms with van der Waals surface area (Å²) in [4.78, 5) is 11.6. The molecule has 0 saturated carbocycles. The van der Waals surface area contributed by atoms with Crippen LogP contribution in [-0.2, 0) is 9.53 Å². The van der Waals surface area contributed by atoms with Crippen LogP contribution in [0.4, 0.5) is 0 Å². The van der Waals surface area contributed by atoms with Crippen LogP contribution in [0.1, 0.15) is 13.8 Å². The topological polar surface area (TPSA) is 46.5 Å². The zero-order chi connectivity index (χ0) is 11.7. The van der Waals surface area contributed by atoms with Crippen molar-refractivity contribution in [1.29, 1.82) is 0 Å². The van der Waals surface area contributed by atoms with Gasteiger partial charge in [0.2, 0.25) is 0 Å². The number of ether oxygens (including phenoxy) is 1. The Bertz CT molecular complexity index is 390. The summed E-state index contributed by atoms with van der Waals surface area (Å²) in [6, 6.07) is 0. The fourth-order valence-electron chi connectivity index (χ4n) is 2.11. The minimum atomic E-state index is -0.629. The van der Waals surface area contributed by atoms with E-state index in [0.29, 0.717) is 6.61 Å². The number of hydrogen-bond acceptors (Lipinski definition) is 3. The lowest BCUT2D eigenvalue weighted by Crippen LogP contribution is -2.40. The maximum absolute atomic E-state index is 11.6. The van der Waals surface area contributed by atoms with Gasteiger partial charge in [-0.25, -0.2) is 0 Å². The molecular formula is C13H16O3. The van der Waals surface area contributed by atoms with Crippen molar-refractivity contribution < 1.29 is 14.6 Å². The van der Waals surface area contributed by atoms with Crippen molar-refractivity contribution in [3.8, 4) is 0 Å². The van der Waals surface area contributed by atoms with Gasteiger partial charge in [0.15, 0.2) is 5.78 Å². The van der Waals surface area contributed by atoms with Crippen LogP contribution in [0.5, 0.6) is 0 Å². The highest BCUT2D eigenvalue weighted by molar-refractivity contribution is 5.94. The van der Waals surface area contributed by atoms with E-state index in [9.17, 15) is 9.90 Å². The van der Waals surface area contributed by atoms with Crippen LogP contribution in [0.25, 0.3) is 0 Å². The Morgan fingerprint density at radius 1 is 1.50 bits per heavy atom. The molecule has 1 aliphatic heterocycles. The molecule has 2 rings (SSSR count). The van der Waals surface area contributed by atoms with Gasteiger partial charge in [-0.05, 0) is 30.7 Å². The first-order valence-electron chi connectivity index (χ1n) is 5.54. The average Bonchev–Trinajstić information content (AvgIpc) is 2.26. The number of aliphatic hydroxyl groups excluding tert-OH is 1. The predicted octanol–water partition coefficient (Wildman–Crippen LogP) is 1.60. The van der Waals surface area contributed by atoms with Crippen molar-refractivity contribution in [3.05, 3.63) is 35.6 Å². The van der Waals surface area contributed by atoms with Crippen molar-refractivity contribution in [2.24, 2.45) is 11.8 Å². The number of ketones is 1. The van der Waals surface area contributed by atoms with Gasteiger partial charge in [-0.2, -0.15) is 0 Å². The highest BCUT2D eigenvalue weighted by Gasteiger charge is 2.37. The SMILES string of the molecule is C/C=C/C1=CC2=CC(=O)[C@@H](C)[C@H](O)[C@@H]2CO1. The van der Waals surface area contributed by atoms with E-state index in [1.807, 2.05) is 25.2 Å². The van der Waals surface area contributed by atoms with E-state index in [1.165, 1.54) is 0 Å². The Balaban J connectivity index is 2.33. The number of fused-ring (bicyclic) bond motifs is 1. The number of carbonyl (C=O) groups excluding carboxylic acids is 1. The van der Waals surface area contributed by atoms with Gasteiger partial charge in [0, 0.05) is 11.8 Å². The van der Waals surface area contributed by atoms with E-state index in [4.69, 9.17) is 4.74 Å². The molecule has 3 heteroatoms. The molecule has 86 valence electrons. The molecule has 3 atom stereocenters. The smallest absolute Gasteiger partial charge is 0.161 e. The summed E-state index contributed by atoms with van der Waals surface area (Å²) >= 11 is 0. The fraction of sp³-hybridized carbons (Fsp3) is 0.462. The molecule has 0 unspecified atom stereocenters. The number of rotatable bonds is 1. The van der Waals surface area contributed by atoms with Crippen molar-refractivity contribution >= 4 is 5.78 Å². The molecule has 0 saturated heterocycles. The van der Waals surface area contributed by atoms with Gasteiger partial charge in [0.25, 0.3) is 0 Å². The maximum atomic E-state index is 11.6. The molecule has 0 radical (unpaired) electrons. The summed E-state index contributed by atoms with van der Waals surface area (Å²) in [5.41, 5.74) is 0.884. The molecule has 0 aromatic rings. The van der Waals surface area contributed by atoms with Gasteiger partial charge in [0.05, 0.1) is 12.7 Å². The first-order chi connectivity index (χ1) is 7.63. The molecule has 1 aliphatic carbocycles. The third kappa shape index (κ3) is 1.83. The van der Waals surface area contributed by atoms with Crippen LogP contribution in [0.2, 0.25) is 0 Å². The second-order valence-electron chi connectivity index (χ2n) is 4.29. The largest absolute Gasteiger partial charge is 0.493 e. The lowest BCUT2D eigenvalue weighted by atomic mass is 9.78. The molecule has 2 aliphatic rings. The molecule has 0 fully saturated rings. The summed E-state index contributed by atoms with van der Waals surface area (Å²) in [5, 5.41) is 9.97. The van der Waals surface area contributed by atoms with E-state index in [1.54, 1.807) is 13.0 Å². The van der Waals surface area contributed by atoms with Crippen LogP contribution in [0.15, 0.2) is 35.6 Å². The molecule has 0 aromatic heterocycles. The van der Waals surface area contributed by atoms with E-state index >= 15 is 0 Å². The molecule has 0 aromatic carbocycles. The molecule has 1 N–H and O–H groups in total. The predicted molar refractivity (Wildman–Crippen MR) is 60.6 cm³/mol. The lowest BCUT2D eigenvalue weighted by molar-refractivity contribution is -0.123. The van der Waals surface area contributed by atoms with Gasteiger partial charge in [0.1, 0.15) is 5.76 Å². The van der Waals surface area contributed by atoms with Crippen molar-refractivity contribution in [1.82, 2.24) is 0 Å². The molecule has 1 heterocycles. The maximum Gasteiger partial charge on any atom is 0.161 e. The van der Waals surface area contributed by atoms with E-state index in [0.717, 1.165) is 11.3 Å². The van der Waals surface area contributed by atoms with E-state index in [-0.39, 0.29) is 17.6 Å². The Morgan fingerprint density at radius 3 is 2.94 bits per heavy atom. The van der Waals surface area contributed by atoms with E-state index in [2.05, 4.69) is 0 Å². The minimum Gasteiger partial charge on any atom is -0.493 e. The molecule has 3 nitrogen and oxygen atoms in total. The summed E-state index contributed by atoms with van der Waals surface area (Å²) in [6.07, 6.45) is 6.58. The number of hydrogen-bond donors (Lipinski definition) is 1. The van der Waals surface area contributed by atoms with Crippen LogP contribution in [0, 0.1) is 11.8 Å². The van der Waals surface area contributed by atoms with Crippen molar-refractivity contribution in [3.63, 3.8) is 0 Å². The molecule has 0 amide bonds. The zero-order valence-corrected chi connectivity index (χ0v) is 9.51. The Kier molecular flexibility index (Phi) is 2.97. The summed E-state index contributed by atoms with van der Waals surface area (Å²) < 4.78 is 5.50. The van der Waals surface area contributed by atoms with Gasteiger partial charge >= 0.3 is 0 Å². The molecular weight excluding hydrogens is 204 g/mol. The Morgan fingerprint density at radius 2 is 2.25 bits per heavy atom. The van der Waals surface area contributed by atoms with Crippen molar-refractivity contribution in [2.45, 2.75) is 20.0 Å². The minimum absolute atomic E-state index is 0.00303. The monoisotopic (exact) mass is 220 g/mol. The molecule has 0 bridgehead atoms. The van der Waals surface area contributed by atoms with Gasteiger partial charge in [-0.1, -0.05) is 13.0 Å². The Labute approximate surface area is 95.1 Å². The Hall–Kier alpha value is -1.35. The zero-order valence-electron chi connectivity index (χ0n) is 9.51. The number of allylic oxidation sites excluding steroid dienone is 4. The third-order valence-corrected chi connectivity index (χ3v) is 3.18. The average molecular weight is 220 g/mol. The molecule has 16 heavy (non-hydrogen) atoms. The van der Waals surface area contributed by atoms with Gasteiger partial charge in [-0.15, -0.1) is 0 Å². The van der Waals surface area contributed by atoms with Crippen LogP contribution in [-0.4, -0.2) is 23.6 Å². The molecule has 0 spiro atoms. The normalized spacial score (nSPS) is 34.2. The highest BCUT2D eigenvalue weighted by atomic mass is 16.5. The quantitative estimate of drug-likeness (QED) is 0.730. The number of aliphatic hydroxyl groups is 1. The summed E-state index contributed by atoms with van der Waals surface area (Å²) in [5.74, 6) is 0.354. The second kappa shape index (κ2) is 4.26. The second-order valence-corrected chi connectivity index (χ2v) is 4.29. The highest BCUT2D eigenvalue weighted by Crippen LogP contribution is 2.33. The van der Waals surface area contributed by atoms with Gasteiger partial charge < -0.3 is 9.84 Å². The first kappa shape index (κ1) is 11.1. The van der Waals surface area contributed by atoms with Crippen LogP contribution < -0.4 is 0 Å².